The Morgan fingerprint density at radius 3 is 1.74 bits per heavy atom. The molecule has 1 aromatic heterocycles. The summed E-state index contributed by atoms with van der Waals surface area (Å²) in [6.07, 6.45) is 0. The zero-order valence-electron chi connectivity index (χ0n) is 24.8. The molecule has 2 nitrogen and oxygen atoms in total. The molecule has 0 N–H and O–H groups in total. The van der Waals surface area contributed by atoms with Crippen LogP contribution in [0.5, 0.6) is 0 Å². The van der Waals surface area contributed by atoms with Crippen molar-refractivity contribution in [2.24, 2.45) is 0 Å². The van der Waals surface area contributed by atoms with Crippen molar-refractivity contribution in [1.29, 1.82) is 0 Å². The third-order valence-corrected chi connectivity index (χ3v) is 10.5. The summed E-state index contributed by atoms with van der Waals surface area (Å²) in [5.41, 5.74) is 10.6. The summed E-state index contributed by atoms with van der Waals surface area (Å²) in [4.78, 5) is 8.87. The largest absolute Gasteiger partial charge is 0.311 e. The van der Waals surface area contributed by atoms with Crippen molar-refractivity contribution in [2.75, 3.05) is 4.90 Å². The lowest BCUT2D eigenvalue weighted by Crippen LogP contribution is -2.09. The highest BCUT2D eigenvalue weighted by atomic mass is 32.1. The first-order valence-corrected chi connectivity index (χ1v) is 16.4. The lowest BCUT2D eigenvalue weighted by molar-refractivity contribution is 1.28. The lowest BCUT2D eigenvalue weighted by Gasteiger charge is -2.25. The van der Waals surface area contributed by atoms with E-state index in [9.17, 15) is 0 Å². The normalized spacial score (nSPS) is 11.9. The van der Waals surface area contributed by atoms with Gasteiger partial charge in [0.15, 0.2) is 0 Å². The van der Waals surface area contributed by atoms with Gasteiger partial charge in [0.05, 0.1) is 10.6 Å². The second kappa shape index (κ2) is 9.87. The first kappa shape index (κ1) is 25.5. The van der Waals surface area contributed by atoms with Crippen LogP contribution in [0.2, 0.25) is 0 Å². The number of benzene rings is 8. The van der Waals surface area contributed by atoms with Gasteiger partial charge in [-0.1, -0.05) is 103 Å². The molecule has 0 spiro atoms. The van der Waals surface area contributed by atoms with E-state index in [1.54, 1.807) is 11.3 Å². The molecule has 0 aliphatic heterocycles. The fraction of sp³-hybridized carbons (Fsp3) is 0. The van der Waals surface area contributed by atoms with Crippen LogP contribution in [0.3, 0.4) is 0 Å². The van der Waals surface area contributed by atoms with Gasteiger partial charge in [-0.05, 0) is 92.7 Å². The second-order valence-corrected chi connectivity index (χ2v) is 13.0. The Morgan fingerprint density at radius 2 is 1.00 bits per heavy atom. The molecular weight excluding hydrogens is 577 g/mol. The molecule has 9 aromatic rings. The molecule has 1 aliphatic carbocycles. The van der Waals surface area contributed by atoms with Gasteiger partial charge in [-0.3, -0.25) is 0 Å². The minimum Gasteiger partial charge on any atom is -0.311 e. The fourth-order valence-corrected chi connectivity index (χ4v) is 8.35. The molecule has 0 saturated carbocycles. The molecular formula is C43H26N2S. The van der Waals surface area contributed by atoms with Crippen LogP contribution in [0.1, 0.15) is 0 Å². The van der Waals surface area contributed by atoms with Crippen molar-refractivity contribution in [2.45, 2.75) is 0 Å². The highest BCUT2D eigenvalue weighted by Gasteiger charge is 2.28. The molecule has 0 saturated heterocycles. The Bertz CT molecular complexity index is 2550. The minimum absolute atomic E-state index is 1.05. The Hall–Kier alpha value is -5.77. The van der Waals surface area contributed by atoms with Crippen molar-refractivity contribution < 1.29 is 0 Å². The predicted octanol–water partition coefficient (Wildman–Crippen LogP) is 12.5. The summed E-state index contributed by atoms with van der Waals surface area (Å²) < 4.78 is 0. The van der Waals surface area contributed by atoms with Crippen LogP contribution in [0.25, 0.3) is 75.7 Å². The number of fused-ring (bicyclic) bond motifs is 3. The van der Waals surface area contributed by atoms with E-state index in [2.05, 4.69) is 163 Å². The average Bonchev–Trinajstić information content (AvgIpc) is 3.69. The quantitative estimate of drug-likeness (QED) is 0.182. The van der Waals surface area contributed by atoms with Crippen LogP contribution in [0.4, 0.5) is 17.1 Å². The average molecular weight is 603 g/mol. The zero-order chi connectivity index (χ0) is 30.2. The van der Waals surface area contributed by atoms with E-state index >= 15 is 0 Å². The van der Waals surface area contributed by atoms with Crippen LogP contribution < -0.4 is 4.90 Å². The Kier molecular flexibility index (Phi) is 5.48. The standard InChI is InChI=1S/C43H26N2S/c1-3-8-27(9-4-1)28-16-21-34(22-17-28)45(33-12-5-2-6-13-33)35-23-18-31(19-24-35)43-44-41-36-25-20-30-15-14-29-10-7-11-32-26-37(42(41)46-43)40(36)39(30)38(29)32/h1-26H. The minimum atomic E-state index is 1.05. The maximum atomic E-state index is 5.28. The molecule has 1 aliphatic rings. The van der Waals surface area contributed by atoms with E-state index in [4.69, 9.17) is 4.98 Å². The Morgan fingerprint density at radius 1 is 0.413 bits per heavy atom. The molecule has 214 valence electrons. The number of rotatable bonds is 5. The van der Waals surface area contributed by atoms with E-state index in [0.717, 1.165) is 33.3 Å². The van der Waals surface area contributed by atoms with Crippen LogP contribution in [-0.4, -0.2) is 4.98 Å². The number of anilines is 3. The van der Waals surface area contributed by atoms with E-state index in [1.165, 1.54) is 59.4 Å². The maximum Gasteiger partial charge on any atom is 0.124 e. The smallest absolute Gasteiger partial charge is 0.124 e. The molecule has 0 fully saturated rings. The Labute approximate surface area is 270 Å². The molecule has 0 radical (unpaired) electrons. The fourth-order valence-electron chi connectivity index (χ4n) is 7.25. The van der Waals surface area contributed by atoms with Gasteiger partial charge in [-0.2, -0.15) is 0 Å². The summed E-state index contributed by atoms with van der Waals surface area (Å²) in [7, 11) is 0. The molecule has 0 atom stereocenters. The predicted molar refractivity (Wildman–Crippen MR) is 196 cm³/mol. The molecule has 3 heteroatoms. The highest BCUT2D eigenvalue weighted by Crippen LogP contribution is 2.54. The summed E-state index contributed by atoms with van der Waals surface area (Å²) in [5, 5.41) is 9.05. The van der Waals surface area contributed by atoms with E-state index in [0.29, 0.717) is 0 Å². The molecule has 0 bridgehead atoms. The second-order valence-electron chi connectivity index (χ2n) is 12.0. The van der Waals surface area contributed by atoms with Crippen molar-refractivity contribution in [3.05, 3.63) is 158 Å². The monoisotopic (exact) mass is 602 g/mol. The third kappa shape index (κ3) is 3.79. The summed E-state index contributed by atoms with van der Waals surface area (Å²) >= 11 is 1.81. The number of thiazole rings is 1. The van der Waals surface area contributed by atoms with Gasteiger partial charge in [0, 0.05) is 39.1 Å². The number of hydrogen-bond acceptors (Lipinski definition) is 3. The first-order valence-electron chi connectivity index (χ1n) is 15.6. The summed E-state index contributed by atoms with van der Waals surface area (Å²) in [6.45, 7) is 0. The van der Waals surface area contributed by atoms with E-state index in [1.807, 2.05) is 0 Å². The maximum absolute atomic E-state index is 5.28. The van der Waals surface area contributed by atoms with Crippen LogP contribution >= 0.6 is 11.3 Å². The lowest BCUT2D eigenvalue weighted by atomic mass is 9.91. The molecule has 0 amide bonds. The van der Waals surface area contributed by atoms with Crippen LogP contribution in [0.15, 0.2) is 158 Å². The summed E-state index contributed by atoms with van der Waals surface area (Å²) in [6, 6.07) is 56.9. The van der Waals surface area contributed by atoms with E-state index in [-0.39, 0.29) is 0 Å². The number of para-hydroxylation sites is 1. The molecule has 46 heavy (non-hydrogen) atoms. The Balaban J connectivity index is 1.04. The van der Waals surface area contributed by atoms with Crippen molar-refractivity contribution >= 4 is 60.7 Å². The van der Waals surface area contributed by atoms with Crippen LogP contribution in [-0.2, 0) is 0 Å². The van der Waals surface area contributed by atoms with Gasteiger partial charge in [-0.25, -0.2) is 4.98 Å². The third-order valence-electron chi connectivity index (χ3n) is 9.37. The number of aromatic nitrogens is 1. The highest BCUT2D eigenvalue weighted by molar-refractivity contribution is 7.19. The molecule has 1 heterocycles. The van der Waals surface area contributed by atoms with Gasteiger partial charge in [0.25, 0.3) is 0 Å². The molecule has 8 aromatic carbocycles. The molecule has 10 rings (SSSR count). The number of nitrogens with zero attached hydrogens (tertiary/aromatic N) is 2. The van der Waals surface area contributed by atoms with Gasteiger partial charge in [0.1, 0.15) is 5.01 Å². The van der Waals surface area contributed by atoms with Crippen molar-refractivity contribution in [1.82, 2.24) is 4.98 Å². The van der Waals surface area contributed by atoms with E-state index < -0.39 is 0 Å². The van der Waals surface area contributed by atoms with Crippen LogP contribution in [0, 0.1) is 0 Å². The topological polar surface area (TPSA) is 16.1 Å². The van der Waals surface area contributed by atoms with Gasteiger partial charge < -0.3 is 4.90 Å². The number of hydrogen-bond donors (Lipinski definition) is 0. The molecule has 0 unspecified atom stereocenters. The first-order chi connectivity index (χ1) is 22.8. The SMILES string of the molecule is c1ccc(-c2ccc(N(c3ccccc3)c3ccc(-c4nc5c(s4)-c4cc6cccc7ccc8ccc-5c4c8c76)cc3)cc2)cc1. The van der Waals surface area contributed by atoms with Crippen molar-refractivity contribution in [3.8, 4) is 43.4 Å². The van der Waals surface area contributed by atoms with Gasteiger partial charge in [-0.15, -0.1) is 11.3 Å². The van der Waals surface area contributed by atoms with Gasteiger partial charge in [0.2, 0.25) is 0 Å². The summed E-state index contributed by atoms with van der Waals surface area (Å²) in [5.74, 6) is 0. The van der Waals surface area contributed by atoms with Crippen molar-refractivity contribution in [3.63, 3.8) is 0 Å². The van der Waals surface area contributed by atoms with Gasteiger partial charge >= 0.3 is 0 Å². The zero-order valence-corrected chi connectivity index (χ0v) is 25.6.